The number of nitrogens with one attached hydrogen (secondary N) is 1. The molecule has 2 aromatic heterocycles. The van der Waals surface area contributed by atoms with Crippen LogP contribution >= 0.6 is 0 Å². The number of nitrogens with zero attached hydrogens (tertiary/aromatic N) is 2. The number of benzene rings is 2. The number of aryl methyl sites for hydroxylation is 1. The average Bonchev–Trinajstić information content (AvgIpc) is 2.85. The van der Waals surface area contributed by atoms with Crippen LogP contribution in [0.15, 0.2) is 57.7 Å². The van der Waals surface area contributed by atoms with Crippen LogP contribution < -0.4 is 10.7 Å². The first-order valence-electron chi connectivity index (χ1n) is 11.1. The molecule has 10 heteroatoms. The summed E-state index contributed by atoms with van der Waals surface area (Å²) in [6.07, 6.45) is -4.80. The minimum Gasteiger partial charge on any atom is -0.476 e. The number of nitriles is 1. The molecular weight excluding hydrogens is 487 g/mol. The van der Waals surface area contributed by atoms with E-state index < -0.39 is 29.6 Å². The van der Waals surface area contributed by atoms with Crippen LogP contribution in [-0.4, -0.2) is 16.1 Å². The normalized spacial score (nSPS) is 12.2. The van der Waals surface area contributed by atoms with E-state index in [9.17, 15) is 33.1 Å². The van der Waals surface area contributed by atoms with Crippen molar-refractivity contribution < 1.29 is 27.5 Å². The van der Waals surface area contributed by atoms with Gasteiger partial charge in [0.1, 0.15) is 17.0 Å². The van der Waals surface area contributed by atoms with Gasteiger partial charge in [-0.05, 0) is 56.7 Å². The smallest absolute Gasteiger partial charge is 0.433 e. The summed E-state index contributed by atoms with van der Waals surface area (Å²) in [5.41, 5.74) is 0.192. The van der Waals surface area contributed by atoms with Crippen LogP contribution in [0.4, 0.5) is 18.9 Å². The topological polar surface area (TPSA) is 116 Å². The molecule has 2 aromatic carbocycles. The minimum absolute atomic E-state index is 0.126. The molecule has 2 N–H and O–H groups in total. The van der Waals surface area contributed by atoms with E-state index in [1.807, 2.05) is 6.07 Å². The van der Waals surface area contributed by atoms with Crippen LogP contribution in [0.2, 0.25) is 0 Å². The van der Waals surface area contributed by atoms with E-state index in [0.29, 0.717) is 33.7 Å². The Balaban J connectivity index is 1.87. The lowest BCUT2D eigenvalue weighted by molar-refractivity contribution is -0.141. The number of hydrogen-bond acceptors (Lipinski definition) is 6. The largest absolute Gasteiger partial charge is 0.476 e. The van der Waals surface area contributed by atoms with E-state index in [1.54, 1.807) is 57.2 Å². The van der Waals surface area contributed by atoms with Gasteiger partial charge in [-0.25, -0.2) is 9.78 Å². The van der Waals surface area contributed by atoms with Crippen molar-refractivity contribution in [1.29, 1.82) is 5.26 Å². The molecule has 4 aromatic rings. The van der Waals surface area contributed by atoms with Crippen LogP contribution in [0.25, 0.3) is 22.3 Å². The predicted molar refractivity (Wildman–Crippen MR) is 130 cm³/mol. The van der Waals surface area contributed by atoms with Crippen LogP contribution in [0.3, 0.4) is 0 Å². The van der Waals surface area contributed by atoms with Crippen molar-refractivity contribution in [3.8, 4) is 17.4 Å². The standard InChI is InChI=1S/C27H20F3N3O4/c1-13-9-18(15(3)32-20-7-8-21(27(28,29)30)33-22(20)26(35)36)25-19(10-13)23(34)14(2)24(37-25)17-6-4-5-16(11-17)12-31/h4-11,15,32H,1-3H3,(H,35,36)/t15-/m1/s1. The summed E-state index contributed by atoms with van der Waals surface area (Å²) in [6, 6.07) is 13.1. The van der Waals surface area contributed by atoms with Crippen molar-refractivity contribution in [3.05, 3.63) is 92.4 Å². The molecule has 4 rings (SSSR count). The van der Waals surface area contributed by atoms with E-state index in [-0.39, 0.29) is 22.5 Å². The number of halogens is 3. The summed E-state index contributed by atoms with van der Waals surface area (Å²) in [4.78, 5) is 28.2. The van der Waals surface area contributed by atoms with Crippen molar-refractivity contribution in [1.82, 2.24) is 4.98 Å². The molecule has 0 spiro atoms. The number of hydrogen-bond donors (Lipinski definition) is 2. The Morgan fingerprint density at radius 3 is 2.54 bits per heavy atom. The second-order valence-electron chi connectivity index (χ2n) is 8.57. The third-order valence-corrected chi connectivity index (χ3v) is 5.87. The first-order valence-corrected chi connectivity index (χ1v) is 11.1. The second kappa shape index (κ2) is 9.43. The summed E-state index contributed by atoms with van der Waals surface area (Å²) < 4.78 is 45.4. The molecule has 7 nitrogen and oxygen atoms in total. The molecule has 188 valence electrons. The van der Waals surface area contributed by atoms with Gasteiger partial charge in [-0.2, -0.15) is 18.4 Å². The van der Waals surface area contributed by atoms with Gasteiger partial charge >= 0.3 is 12.1 Å². The fourth-order valence-electron chi connectivity index (χ4n) is 4.10. The Hall–Kier alpha value is -4.65. The maximum Gasteiger partial charge on any atom is 0.433 e. The number of rotatable bonds is 5. The molecule has 37 heavy (non-hydrogen) atoms. The molecule has 0 bridgehead atoms. The van der Waals surface area contributed by atoms with Crippen molar-refractivity contribution >= 4 is 22.6 Å². The first-order chi connectivity index (χ1) is 17.4. The third kappa shape index (κ3) is 4.89. The molecular formula is C27H20F3N3O4. The lowest BCUT2D eigenvalue weighted by Gasteiger charge is -2.20. The summed E-state index contributed by atoms with van der Waals surface area (Å²) in [5, 5.41) is 21.9. The number of fused-ring (bicyclic) bond motifs is 1. The van der Waals surface area contributed by atoms with Crippen molar-refractivity contribution in [2.45, 2.75) is 33.0 Å². The van der Waals surface area contributed by atoms with Crippen LogP contribution in [0.1, 0.15) is 51.4 Å². The number of carboxylic acids is 1. The predicted octanol–water partition coefficient (Wildman–Crippen LogP) is 6.23. The average molecular weight is 507 g/mol. The summed E-state index contributed by atoms with van der Waals surface area (Å²) in [6.45, 7) is 5.06. The molecule has 0 saturated heterocycles. The Morgan fingerprint density at radius 1 is 1.16 bits per heavy atom. The number of carbonyl (C=O) groups is 1. The monoisotopic (exact) mass is 507 g/mol. The zero-order chi connectivity index (χ0) is 27.1. The van der Waals surface area contributed by atoms with Crippen molar-refractivity contribution in [2.75, 3.05) is 5.32 Å². The molecule has 0 radical (unpaired) electrons. The highest BCUT2D eigenvalue weighted by Crippen LogP contribution is 2.34. The van der Waals surface area contributed by atoms with Gasteiger partial charge in [-0.1, -0.05) is 18.2 Å². The molecule has 0 unspecified atom stereocenters. The molecule has 2 heterocycles. The van der Waals surface area contributed by atoms with E-state index in [4.69, 9.17) is 4.42 Å². The SMILES string of the molecule is Cc1cc([C@@H](C)Nc2ccc(C(F)(F)F)nc2C(=O)O)c2oc(-c3cccc(C#N)c3)c(C)c(=O)c2c1. The Bertz CT molecular complexity index is 1650. The van der Waals surface area contributed by atoms with E-state index >= 15 is 0 Å². The van der Waals surface area contributed by atoms with Crippen LogP contribution in [-0.2, 0) is 6.18 Å². The molecule has 0 aliphatic carbocycles. The van der Waals surface area contributed by atoms with Gasteiger partial charge in [0.05, 0.1) is 28.7 Å². The van der Waals surface area contributed by atoms with Gasteiger partial charge in [0.25, 0.3) is 0 Å². The number of pyridine rings is 1. The zero-order valence-electron chi connectivity index (χ0n) is 19.9. The van der Waals surface area contributed by atoms with Gasteiger partial charge in [-0.3, -0.25) is 4.79 Å². The Labute approximate surface area is 208 Å². The van der Waals surface area contributed by atoms with Gasteiger partial charge < -0.3 is 14.8 Å². The molecule has 0 fully saturated rings. The lowest BCUT2D eigenvalue weighted by Crippen LogP contribution is -2.17. The van der Waals surface area contributed by atoms with Gasteiger partial charge in [0, 0.05) is 16.7 Å². The van der Waals surface area contributed by atoms with Gasteiger partial charge in [0.2, 0.25) is 0 Å². The summed E-state index contributed by atoms with van der Waals surface area (Å²) in [5.74, 6) is -1.36. The van der Waals surface area contributed by atoms with E-state index in [2.05, 4.69) is 10.3 Å². The zero-order valence-corrected chi connectivity index (χ0v) is 19.9. The third-order valence-electron chi connectivity index (χ3n) is 5.87. The highest BCUT2D eigenvalue weighted by molar-refractivity contribution is 5.92. The quantitative estimate of drug-likeness (QED) is 0.329. The molecule has 0 aliphatic rings. The van der Waals surface area contributed by atoms with Crippen LogP contribution in [0.5, 0.6) is 0 Å². The Kier molecular flexibility index (Phi) is 6.48. The molecule has 1 atom stereocenters. The summed E-state index contributed by atoms with van der Waals surface area (Å²) in [7, 11) is 0. The van der Waals surface area contributed by atoms with Crippen molar-refractivity contribution in [3.63, 3.8) is 0 Å². The van der Waals surface area contributed by atoms with Gasteiger partial charge in [0.15, 0.2) is 11.1 Å². The maximum atomic E-state index is 13.3. The number of anilines is 1. The lowest BCUT2D eigenvalue weighted by atomic mass is 9.98. The maximum absolute atomic E-state index is 13.3. The number of carboxylic acid groups (broad SMARTS) is 1. The fraction of sp³-hybridized carbons (Fsp3) is 0.185. The minimum atomic E-state index is -4.80. The summed E-state index contributed by atoms with van der Waals surface area (Å²) >= 11 is 0. The second-order valence-corrected chi connectivity index (χ2v) is 8.57. The first kappa shape index (κ1) is 25.4. The van der Waals surface area contributed by atoms with Gasteiger partial charge in [-0.15, -0.1) is 0 Å². The van der Waals surface area contributed by atoms with Crippen molar-refractivity contribution in [2.24, 2.45) is 0 Å². The Morgan fingerprint density at radius 2 is 1.89 bits per heavy atom. The highest BCUT2D eigenvalue weighted by Gasteiger charge is 2.34. The molecule has 0 saturated carbocycles. The fourth-order valence-corrected chi connectivity index (χ4v) is 4.10. The number of aromatic carboxylic acids is 1. The van der Waals surface area contributed by atoms with Crippen LogP contribution in [0, 0.1) is 25.2 Å². The molecule has 0 amide bonds. The highest BCUT2D eigenvalue weighted by atomic mass is 19.4. The molecule has 0 aliphatic heterocycles. The van der Waals surface area contributed by atoms with E-state index in [0.717, 1.165) is 11.6 Å². The van der Waals surface area contributed by atoms with E-state index in [1.165, 1.54) is 0 Å². The number of alkyl halides is 3. The number of aromatic nitrogens is 1.